The Hall–Kier alpha value is -4.59. The lowest BCUT2D eigenvalue weighted by Crippen LogP contribution is -2.22. The highest BCUT2D eigenvalue weighted by molar-refractivity contribution is 6.05. The molecule has 172 valence electrons. The minimum absolute atomic E-state index is 0.0190. The zero-order chi connectivity index (χ0) is 24.1. The maximum Gasteiger partial charge on any atom is 0.261 e. The number of hydrogen-bond acceptors (Lipinski definition) is 7. The van der Waals surface area contributed by atoms with Crippen molar-refractivity contribution in [2.24, 2.45) is 4.99 Å². The summed E-state index contributed by atoms with van der Waals surface area (Å²) in [6.45, 7) is 2.30. The number of hydrogen-bond donors (Lipinski definition) is 1. The topological polar surface area (TPSA) is 113 Å². The fourth-order valence-electron chi connectivity index (χ4n) is 3.30. The number of carboxylic acids is 1. The number of carbonyl (C=O) groups excluding carboxylic acids is 2. The molecule has 0 aliphatic carbocycles. The molecule has 1 N–H and O–H groups in total. The van der Waals surface area contributed by atoms with Gasteiger partial charge >= 0.3 is 0 Å². The molecule has 0 atom stereocenters. The summed E-state index contributed by atoms with van der Waals surface area (Å²) in [5.74, 6) is -0.533. The normalized spacial score (nSPS) is 11.3. The van der Waals surface area contributed by atoms with E-state index in [1.54, 1.807) is 43.5 Å². The number of carbonyl (C=O) groups is 2. The summed E-state index contributed by atoms with van der Waals surface area (Å²) in [6.07, 6.45) is 0. The van der Waals surface area contributed by atoms with Crippen LogP contribution in [0.5, 0.6) is 11.5 Å². The van der Waals surface area contributed by atoms with Crippen LogP contribution in [0, 0.1) is 0 Å². The van der Waals surface area contributed by atoms with Gasteiger partial charge in [0.1, 0.15) is 11.3 Å². The van der Waals surface area contributed by atoms with Crippen LogP contribution >= 0.6 is 0 Å². The van der Waals surface area contributed by atoms with E-state index in [9.17, 15) is 14.7 Å². The number of nitrogens with zero attached hydrogens (tertiary/aromatic N) is 1. The molecule has 1 heterocycles. The smallest absolute Gasteiger partial charge is 0.261 e. The molecule has 8 heteroatoms. The number of ether oxygens (including phenoxy) is 2. The minimum Gasteiger partial charge on any atom is -0.545 e. The summed E-state index contributed by atoms with van der Waals surface area (Å²) >= 11 is 0. The molecule has 4 aromatic rings. The van der Waals surface area contributed by atoms with E-state index < -0.39 is 11.9 Å². The number of fused-ring (bicyclic) bond motifs is 1. The van der Waals surface area contributed by atoms with Gasteiger partial charge in [0.05, 0.1) is 25.4 Å². The monoisotopic (exact) mass is 457 g/mol. The molecule has 3 aromatic carbocycles. The third kappa shape index (κ3) is 4.91. The Kier molecular flexibility index (Phi) is 6.59. The van der Waals surface area contributed by atoms with E-state index in [1.807, 2.05) is 19.1 Å². The second kappa shape index (κ2) is 9.91. The van der Waals surface area contributed by atoms with Crippen molar-refractivity contribution in [3.8, 4) is 11.5 Å². The number of rotatable bonds is 7. The minimum atomic E-state index is -1.29. The number of aromatic carboxylic acids is 1. The molecule has 4 rings (SSSR count). The first-order chi connectivity index (χ1) is 16.5. The van der Waals surface area contributed by atoms with E-state index >= 15 is 0 Å². The predicted octanol–water partition coefficient (Wildman–Crippen LogP) is 3.69. The zero-order valence-corrected chi connectivity index (χ0v) is 18.5. The first-order valence-corrected chi connectivity index (χ1v) is 10.5. The maximum absolute atomic E-state index is 13.2. The number of para-hydroxylation sites is 1. The van der Waals surface area contributed by atoms with Gasteiger partial charge in [0, 0.05) is 11.1 Å². The van der Waals surface area contributed by atoms with Gasteiger partial charge in [-0.1, -0.05) is 24.3 Å². The van der Waals surface area contributed by atoms with Gasteiger partial charge in [-0.25, -0.2) is 4.99 Å². The molecule has 34 heavy (non-hydrogen) atoms. The van der Waals surface area contributed by atoms with E-state index in [4.69, 9.17) is 13.9 Å². The van der Waals surface area contributed by atoms with Gasteiger partial charge in [-0.3, -0.25) is 4.79 Å². The lowest BCUT2D eigenvalue weighted by molar-refractivity contribution is -0.255. The molecule has 1 amide bonds. The number of nitrogens with one attached hydrogen (secondary N) is 1. The molecule has 1 aromatic heterocycles. The van der Waals surface area contributed by atoms with Crippen molar-refractivity contribution in [2.45, 2.75) is 6.92 Å². The van der Waals surface area contributed by atoms with E-state index in [2.05, 4.69) is 10.3 Å². The van der Waals surface area contributed by atoms with Crippen molar-refractivity contribution in [1.82, 2.24) is 0 Å². The first-order valence-electron chi connectivity index (χ1n) is 10.5. The van der Waals surface area contributed by atoms with Gasteiger partial charge in [-0.15, -0.1) is 0 Å². The Morgan fingerprint density at radius 3 is 2.41 bits per heavy atom. The summed E-state index contributed by atoms with van der Waals surface area (Å²) in [7, 11) is 1.56. The van der Waals surface area contributed by atoms with Crippen LogP contribution in [0.4, 0.5) is 11.4 Å². The zero-order valence-electron chi connectivity index (χ0n) is 18.5. The van der Waals surface area contributed by atoms with Gasteiger partial charge in [-0.05, 0) is 61.0 Å². The predicted molar refractivity (Wildman–Crippen MR) is 124 cm³/mol. The molecule has 0 aliphatic heterocycles. The Morgan fingerprint density at radius 1 is 1.03 bits per heavy atom. The number of amides is 1. The maximum atomic E-state index is 13.2. The van der Waals surface area contributed by atoms with Gasteiger partial charge in [0.25, 0.3) is 5.91 Å². The average molecular weight is 457 g/mol. The van der Waals surface area contributed by atoms with Crippen molar-refractivity contribution in [1.29, 1.82) is 0 Å². The Bertz CT molecular complexity index is 1410. The highest BCUT2D eigenvalue weighted by Gasteiger charge is 2.15. The molecule has 0 aliphatic rings. The van der Waals surface area contributed by atoms with Crippen molar-refractivity contribution in [2.75, 3.05) is 19.0 Å². The Balaban J connectivity index is 1.82. The van der Waals surface area contributed by atoms with Crippen LogP contribution in [-0.2, 0) is 0 Å². The van der Waals surface area contributed by atoms with Crippen molar-refractivity contribution >= 4 is 34.2 Å². The molecule has 0 unspecified atom stereocenters. The van der Waals surface area contributed by atoms with Gasteiger partial charge < -0.3 is 29.1 Å². The summed E-state index contributed by atoms with van der Waals surface area (Å²) < 4.78 is 16.9. The fourth-order valence-corrected chi connectivity index (χ4v) is 3.30. The molecular weight excluding hydrogens is 436 g/mol. The van der Waals surface area contributed by atoms with Crippen molar-refractivity contribution in [3.63, 3.8) is 0 Å². The molecule has 0 radical (unpaired) electrons. The number of methoxy groups -OCH3 is 1. The molecular formula is C26H21N2O6-. The third-order valence-corrected chi connectivity index (χ3v) is 4.96. The van der Waals surface area contributed by atoms with Crippen LogP contribution in [0.2, 0.25) is 0 Å². The van der Waals surface area contributed by atoms with Crippen molar-refractivity contribution < 1.29 is 28.6 Å². The van der Waals surface area contributed by atoms with Crippen LogP contribution in [0.15, 0.2) is 82.2 Å². The van der Waals surface area contributed by atoms with E-state index in [1.165, 1.54) is 24.3 Å². The molecule has 0 bridgehead atoms. The number of anilines is 1. The largest absolute Gasteiger partial charge is 0.545 e. The fraction of sp³-hybridized carbons (Fsp3) is 0.115. The average Bonchev–Trinajstić information content (AvgIpc) is 2.85. The summed E-state index contributed by atoms with van der Waals surface area (Å²) in [5, 5.41) is 14.5. The molecule has 8 nitrogen and oxygen atoms in total. The SMILES string of the molecule is CCOc1cccc2cc(C(=O)Nc3ccc(OC)cc3)c(=Nc3ccc(C(=O)[O-])cc3)oc12. The molecule has 0 spiro atoms. The number of carboxylic acid groups (broad SMARTS) is 1. The van der Waals surface area contributed by atoms with E-state index in [0.717, 1.165) is 0 Å². The summed E-state index contributed by atoms with van der Waals surface area (Å²) in [5.41, 5.74) is 1.67. The van der Waals surface area contributed by atoms with Crippen LogP contribution in [-0.4, -0.2) is 25.6 Å². The second-order valence-corrected chi connectivity index (χ2v) is 7.20. The van der Waals surface area contributed by atoms with Gasteiger partial charge in [0.2, 0.25) is 5.55 Å². The molecule has 0 saturated heterocycles. The van der Waals surface area contributed by atoms with Crippen LogP contribution in [0.25, 0.3) is 11.0 Å². The molecule has 0 fully saturated rings. The summed E-state index contributed by atoms with van der Waals surface area (Å²) in [6, 6.07) is 19.7. The van der Waals surface area contributed by atoms with Crippen molar-refractivity contribution in [3.05, 3.63) is 89.5 Å². The third-order valence-electron chi connectivity index (χ3n) is 4.96. The van der Waals surface area contributed by atoms with E-state index in [0.29, 0.717) is 40.4 Å². The lowest BCUT2D eigenvalue weighted by Gasteiger charge is -2.10. The second-order valence-electron chi connectivity index (χ2n) is 7.20. The highest BCUT2D eigenvalue weighted by atomic mass is 16.5. The Labute approximate surface area is 195 Å². The van der Waals surface area contributed by atoms with Crippen LogP contribution in [0.1, 0.15) is 27.6 Å². The van der Waals surface area contributed by atoms with E-state index in [-0.39, 0.29) is 16.7 Å². The van der Waals surface area contributed by atoms with Gasteiger partial charge in [0.15, 0.2) is 11.3 Å². The van der Waals surface area contributed by atoms with Crippen LogP contribution in [0.3, 0.4) is 0 Å². The van der Waals surface area contributed by atoms with Gasteiger partial charge in [-0.2, -0.15) is 0 Å². The highest BCUT2D eigenvalue weighted by Crippen LogP contribution is 2.26. The standard InChI is InChI=1S/C26H22N2O6/c1-3-33-22-6-4-5-17-15-21(24(29)27-18-11-13-20(32-2)14-12-18)25(34-23(17)22)28-19-9-7-16(8-10-19)26(30)31/h4-15H,3H2,1-2H3,(H,27,29)(H,30,31)/p-1. The summed E-state index contributed by atoms with van der Waals surface area (Å²) in [4.78, 5) is 28.7. The number of benzene rings is 3. The molecule has 0 saturated carbocycles. The van der Waals surface area contributed by atoms with Crippen LogP contribution < -0.4 is 25.5 Å². The Morgan fingerprint density at radius 2 is 1.76 bits per heavy atom. The quantitative estimate of drug-likeness (QED) is 0.453. The lowest BCUT2D eigenvalue weighted by atomic mass is 10.1. The first kappa shape index (κ1) is 22.6.